The van der Waals surface area contributed by atoms with Crippen molar-refractivity contribution in [2.45, 2.75) is 71.8 Å². The van der Waals surface area contributed by atoms with Crippen molar-refractivity contribution in [3.05, 3.63) is 0 Å². The first-order valence-corrected chi connectivity index (χ1v) is 8.26. The summed E-state index contributed by atoms with van der Waals surface area (Å²) in [6.07, 6.45) is 9.64. The molecule has 0 aromatic heterocycles. The highest BCUT2D eigenvalue weighted by Gasteiger charge is 2.21. The number of nitrogens with one attached hydrogen (secondary N) is 1. The van der Waals surface area contributed by atoms with Gasteiger partial charge in [0.15, 0.2) is 0 Å². The molecule has 0 amide bonds. The summed E-state index contributed by atoms with van der Waals surface area (Å²) in [5.74, 6) is 1.00. The van der Waals surface area contributed by atoms with Crippen LogP contribution < -0.4 is 5.32 Å². The number of likely N-dealkylation sites (tertiary alicyclic amines) is 1. The topological polar surface area (TPSA) is 15.3 Å². The number of rotatable bonds is 8. The molecular formula is C16H34N2. The number of hydrogen-bond donors (Lipinski definition) is 1. The average molecular weight is 254 g/mol. The van der Waals surface area contributed by atoms with Crippen molar-refractivity contribution in [3.63, 3.8) is 0 Å². The maximum Gasteiger partial charge on any atom is 0.0218 e. The molecule has 0 aromatic carbocycles. The standard InChI is InChI=1S/C16H34N2/c1-4-8-15-9-7-12-18(13-10-15)16(6-3)14-17-11-5-2/h15-17H,4-14H2,1-3H3. The van der Waals surface area contributed by atoms with Crippen LogP contribution in [-0.4, -0.2) is 37.1 Å². The Morgan fingerprint density at radius 1 is 1.11 bits per heavy atom. The Labute approximate surface area is 115 Å². The van der Waals surface area contributed by atoms with Gasteiger partial charge in [0.2, 0.25) is 0 Å². The number of hydrogen-bond acceptors (Lipinski definition) is 2. The summed E-state index contributed by atoms with van der Waals surface area (Å²) in [6.45, 7) is 11.9. The van der Waals surface area contributed by atoms with Gasteiger partial charge >= 0.3 is 0 Å². The van der Waals surface area contributed by atoms with E-state index in [2.05, 4.69) is 31.0 Å². The lowest BCUT2D eigenvalue weighted by atomic mass is 9.96. The molecule has 1 rings (SSSR count). The molecule has 2 atom stereocenters. The minimum atomic E-state index is 0.761. The van der Waals surface area contributed by atoms with Crippen molar-refractivity contribution in [2.75, 3.05) is 26.2 Å². The Hall–Kier alpha value is -0.0800. The van der Waals surface area contributed by atoms with Crippen molar-refractivity contribution < 1.29 is 0 Å². The van der Waals surface area contributed by atoms with Crippen LogP contribution in [0.4, 0.5) is 0 Å². The van der Waals surface area contributed by atoms with Gasteiger partial charge < -0.3 is 5.32 Å². The van der Waals surface area contributed by atoms with Crippen LogP contribution in [0.15, 0.2) is 0 Å². The largest absolute Gasteiger partial charge is 0.315 e. The maximum absolute atomic E-state index is 3.60. The predicted octanol–water partition coefficient (Wildman–Crippen LogP) is 3.67. The SMILES string of the molecule is CCCNCC(CC)N1CCCC(CCC)CC1. The van der Waals surface area contributed by atoms with Crippen LogP contribution >= 0.6 is 0 Å². The Balaban J connectivity index is 2.34. The third-order valence-electron chi connectivity index (χ3n) is 4.37. The maximum atomic E-state index is 3.60. The normalized spacial score (nSPS) is 23.8. The molecule has 0 spiro atoms. The lowest BCUT2D eigenvalue weighted by molar-refractivity contribution is 0.191. The van der Waals surface area contributed by atoms with E-state index in [1.54, 1.807) is 0 Å². The summed E-state index contributed by atoms with van der Waals surface area (Å²) in [5, 5.41) is 3.60. The summed E-state index contributed by atoms with van der Waals surface area (Å²) >= 11 is 0. The molecule has 1 heterocycles. The van der Waals surface area contributed by atoms with Crippen LogP contribution in [-0.2, 0) is 0 Å². The van der Waals surface area contributed by atoms with Gasteiger partial charge in [0.05, 0.1) is 0 Å². The second-order valence-electron chi connectivity index (χ2n) is 5.89. The van der Waals surface area contributed by atoms with Gasteiger partial charge in [-0.3, -0.25) is 4.90 Å². The van der Waals surface area contributed by atoms with E-state index in [1.165, 1.54) is 71.1 Å². The van der Waals surface area contributed by atoms with Gasteiger partial charge in [-0.1, -0.05) is 33.6 Å². The molecule has 1 N–H and O–H groups in total. The lowest BCUT2D eigenvalue weighted by Crippen LogP contribution is -2.42. The van der Waals surface area contributed by atoms with Gasteiger partial charge in [-0.25, -0.2) is 0 Å². The molecule has 2 unspecified atom stereocenters. The minimum Gasteiger partial charge on any atom is -0.315 e. The molecule has 2 nitrogen and oxygen atoms in total. The predicted molar refractivity (Wildman–Crippen MR) is 81.1 cm³/mol. The molecule has 0 bridgehead atoms. The fourth-order valence-corrected chi connectivity index (χ4v) is 3.23. The second-order valence-corrected chi connectivity index (χ2v) is 5.89. The summed E-state index contributed by atoms with van der Waals surface area (Å²) < 4.78 is 0. The summed E-state index contributed by atoms with van der Waals surface area (Å²) in [5.41, 5.74) is 0. The second kappa shape index (κ2) is 9.80. The van der Waals surface area contributed by atoms with E-state index >= 15 is 0 Å². The molecule has 2 heteroatoms. The van der Waals surface area contributed by atoms with Gasteiger partial charge in [-0.05, 0) is 57.7 Å². The monoisotopic (exact) mass is 254 g/mol. The zero-order chi connectivity index (χ0) is 13.2. The first-order valence-electron chi connectivity index (χ1n) is 8.26. The van der Waals surface area contributed by atoms with E-state index in [0.29, 0.717) is 0 Å². The van der Waals surface area contributed by atoms with Crippen LogP contribution in [0.5, 0.6) is 0 Å². The van der Waals surface area contributed by atoms with E-state index in [0.717, 1.165) is 12.0 Å². The van der Waals surface area contributed by atoms with E-state index in [1.807, 2.05) is 0 Å². The van der Waals surface area contributed by atoms with Crippen molar-refractivity contribution >= 4 is 0 Å². The van der Waals surface area contributed by atoms with Gasteiger partial charge in [-0.2, -0.15) is 0 Å². The summed E-state index contributed by atoms with van der Waals surface area (Å²) in [4.78, 5) is 2.75. The van der Waals surface area contributed by atoms with Gasteiger partial charge in [-0.15, -0.1) is 0 Å². The highest BCUT2D eigenvalue weighted by Crippen LogP contribution is 2.23. The molecular weight excluding hydrogens is 220 g/mol. The smallest absolute Gasteiger partial charge is 0.0218 e. The molecule has 1 aliphatic heterocycles. The average Bonchev–Trinajstić information content (AvgIpc) is 2.61. The fourth-order valence-electron chi connectivity index (χ4n) is 3.23. The Kier molecular flexibility index (Phi) is 8.70. The zero-order valence-corrected chi connectivity index (χ0v) is 12.9. The van der Waals surface area contributed by atoms with E-state index in [4.69, 9.17) is 0 Å². The highest BCUT2D eigenvalue weighted by molar-refractivity contribution is 4.77. The molecule has 1 aliphatic rings. The molecule has 0 saturated carbocycles. The van der Waals surface area contributed by atoms with E-state index < -0.39 is 0 Å². The van der Waals surface area contributed by atoms with Crippen LogP contribution in [0.1, 0.15) is 65.7 Å². The third kappa shape index (κ3) is 5.71. The van der Waals surface area contributed by atoms with E-state index in [9.17, 15) is 0 Å². The van der Waals surface area contributed by atoms with Crippen LogP contribution in [0, 0.1) is 5.92 Å². The van der Waals surface area contributed by atoms with Crippen LogP contribution in [0.2, 0.25) is 0 Å². The summed E-state index contributed by atoms with van der Waals surface area (Å²) in [6, 6.07) is 0.761. The Morgan fingerprint density at radius 2 is 1.94 bits per heavy atom. The molecule has 0 aliphatic carbocycles. The first kappa shape index (κ1) is 16.0. The van der Waals surface area contributed by atoms with Crippen LogP contribution in [0.3, 0.4) is 0 Å². The first-order chi connectivity index (χ1) is 8.81. The highest BCUT2D eigenvalue weighted by atomic mass is 15.2. The van der Waals surface area contributed by atoms with Crippen molar-refractivity contribution in [2.24, 2.45) is 5.92 Å². The Bertz CT molecular complexity index is 194. The Morgan fingerprint density at radius 3 is 2.61 bits per heavy atom. The van der Waals surface area contributed by atoms with E-state index in [-0.39, 0.29) is 0 Å². The number of nitrogens with zero attached hydrogens (tertiary/aromatic N) is 1. The third-order valence-corrected chi connectivity index (χ3v) is 4.37. The molecule has 0 aromatic rings. The molecule has 0 radical (unpaired) electrons. The van der Waals surface area contributed by atoms with Gasteiger partial charge in [0, 0.05) is 12.6 Å². The molecule has 108 valence electrons. The van der Waals surface area contributed by atoms with Gasteiger partial charge in [0.25, 0.3) is 0 Å². The summed E-state index contributed by atoms with van der Waals surface area (Å²) in [7, 11) is 0. The van der Waals surface area contributed by atoms with Crippen molar-refractivity contribution in [1.82, 2.24) is 10.2 Å². The lowest BCUT2D eigenvalue weighted by Gasteiger charge is -2.30. The minimum absolute atomic E-state index is 0.761. The molecule has 1 fully saturated rings. The molecule has 1 saturated heterocycles. The quantitative estimate of drug-likeness (QED) is 0.665. The zero-order valence-electron chi connectivity index (χ0n) is 12.9. The fraction of sp³-hybridized carbons (Fsp3) is 1.00. The molecule has 18 heavy (non-hydrogen) atoms. The van der Waals surface area contributed by atoms with Gasteiger partial charge in [0.1, 0.15) is 0 Å². The van der Waals surface area contributed by atoms with Crippen molar-refractivity contribution in [1.29, 1.82) is 0 Å². The van der Waals surface area contributed by atoms with Crippen molar-refractivity contribution in [3.8, 4) is 0 Å². The van der Waals surface area contributed by atoms with Crippen LogP contribution in [0.25, 0.3) is 0 Å².